The van der Waals surface area contributed by atoms with E-state index in [9.17, 15) is 8.42 Å². The van der Waals surface area contributed by atoms with Crippen LogP contribution in [0.15, 0.2) is 117 Å². The van der Waals surface area contributed by atoms with Crippen LogP contribution in [0, 0.1) is 0 Å². The Hall–Kier alpha value is -3.46. The Morgan fingerprint density at radius 1 is 0.591 bits per heavy atom. The second-order valence-corrected chi connectivity index (χ2v) is 18.0. The van der Waals surface area contributed by atoms with Gasteiger partial charge in [0.1, 0.15) is 16.2 Å². The zero-order valence-electron chi connectivity index (χ0n) is 27.6. The molecule has 0 saturated heterocycles. The molecule has 0 aliphatic rings. The van der Waals surface area contributed by atoms with Gasteiger partial charge in [0.25, 0.3) is 0 Å². The summed E-state index contributed by atoms with van der Waals surface area (Å²) in [4.78, 5) is 6.63. The molecule has 0 heterocycles. The third-order valence-electron chi connectivity index (χ3n) is 7.17. The topological polar surface area (TPSA) is 62.6 Å². The van der Waals surface area contributed by atoms with Gasteiger partial charge < -0.3 is 14.5 Å². The molecule has 0 aliphatic heterocycles. The monoisotopic (exact) mass is 635 g/mol. The molecule has 236 valence electrons. The highest BCUT2D eigenvalue weighted by molar-refractivity contribution is 8.32. The van der Waals surface area contributed by atoms with E-state index in [4.69, 9.17) is 8.37 Å². The van der Waals surface area contributed by atoms with Crippen molar-refractivity contribution >= 4 is 31.8 Å². The highest BCUT2D eigenvalue weighted by Crippen LogP contribution is 2.69. The Balaban J connectivity index is 2.03. The summed E-state index contributed by atoms with van der Waals surface area (Å²) in [6, 6.07) is 30.9. The maximum absolute atomic E-state index is 14.4. The first-order valence-electron chi connectivity index (χ1n) is 14.7. The minimum absolute atomic E-state index is 0.107. The molecule has 4 aromatic rings. The van der Waals surface area contributed by atoms with Gasteiger partial charge in [-0.3, -0.25) is 3.63 Å². The molecule has 0 aliphatic carbocycles. The Morgan fingerprint density at radius 2 is 1.05 bits per heavy atom. The third kappa shape index (κ3) is 7.42. The highest BCUT2D eigenvalue weighted by Gasteiger charge is 2.44. The Morgan fingerprint density at radius 3 is 1.45 bits per heavy atom. The minimum atomic E-state index is -4.13. The van der Waals surface area contributed by atoms with Crippen LogP contribution in [0.4, 0.5) is 11.4 Å². The summed E-state index contributed by atoms with van der Waals surface area (Å²) < 4.78 is 40.0. The second-order valence-electron chi connectivity index (χ2n) is 13.4. The van der Waals surface area contributed by atoms with Crippen LogP contribution in [0.25, 0.3) is 0 Å². The Bertz CT molecular complexity index is 1630. The molecule has 0 spiro atoms. The molecule has 0 aromatic heterocycles. The lowest BCUT2D eigenvalue weighted by Gasteiger charge is -2.36. The van der Waals surface area contributed by atoms with Crippen molar-refractivity contribution in [1.82, 2.24) is 0 Å². The predicted octanol–water partition coefficient (Wildman–Crippen LogP) is 8.97. The Kier molecular flexibility index (Phi) is 9.50. The van der Waals surface area contributed by atoms with Gasteiger partial charge in [-0.05, 0) is 105 Å². The number of anilines is 2. The van der Waals surface area contributed by atoms with Crippen molar-refractivity contribution in [2.75, 3.05) is 38.0 Å². The predicted molar refractivity (Wildman–Crippen MR) is 186 cm³/mol. The van der Waals surface area contributed by atoms with Crippen LogP contribution in [0.5, 0.6) is 5.75 Å². The standard InChI is InChI=1S/C36H46N2O4S2/c1-35(2,3)27-17-21-32(22-18-27)44(39,40)42-43(33-15-11-13-28(25-33)37(7)8,34-16-12-14-29(26-34)38(9)10)31-23-19-30(20-24-31)41-36(4,5)6/h11-26H,1-10H3/p+1. The van der Waals surface area contributed by atoms with Gasteiger partial charge in [-0.25, -0.2) is 0 Å². The summed E-state index contributed by atoms with van der Waals surface area (Å²) in [5, 5.41) is 0. The summed E-state index contributed by atoms with van der Waals surface area (Å²) in [5.41, 5.74) is 2.49. The summed E-state index contributed by atoms with van der Waals surface area (Å²) >= 11 is 0. The van der Waals surface area contributed by atoms with Crippen molar-refractivity contribution in [2.45, 2.75) is 72.1 Å². The molecular formula is C36H47N2O4S2+. The zero-order valence-corrected chi connectivity index (χ0v) is 29.3. The summed E-state index contributed by atoms with van der Waals surface area (Å²) in [7, 11) is 1.07. The zero-order chi connectivity index (χ0) is 32.5. The normalized spacial score (nSPS) is 13.0. The number of benzene rings is 4. The summed E-state index contributed by atoms with van der Waals surface area (Å²) in [6.07, 6.45) is 0. The molecule has 8 heteroatoms. The third-order valence-corrected chi connectivity index (χ3v) is 12.5. The molecule has 0 radical (unpaired) electrons. The van der Waals surface area contributed by atoms with E-state index in [0.29, 0.717) is 5.75 Å². The van der Waals surface area contributed by atoms with Crippen molar-refractivity contribution in [2.24, 2.45) is 0 Å². The molecule has 4 aromatic carbocycles. The van der Waals surface area contributed by atoms with Gasteiger partial charge >= 0.3 is 10.1 Å². The molecule has 6 nitrogen and oxygen atoms in total. The van der Waals surface area contributed by atoms with Crippen molar-refractivity contribution in [1.29, 1.82) is 0 Å². The van der Waals surface area contributed by atoms with Crippen molar-refractivity contribution in [3.63, 3.8) is 0 Å². The molecule has 4 rings (SSSR count). The lowest BCUT2D eigenvalue weighted by molar-refractivity contribution is 0.131. The van der Waals surface area contributed by atoms with Crippen LogP contribution < -0.4 is 14.5 Å². The van der Waals surface area contributed by atoms with Crippen LogP contribution >= 0.6 is 10.3 Å². The van der Waals surface area contributed by atoms with Gasteiger partial charge in [0, 0.05) is 39.6 Å². The fourth-order valence-electron chi connectivity index (χ4n) is 4.80. The molecule has 0 atom stereocenters. The number of rotatable bonds is 9. The van der Waals surface area contributed by atoms with Crippen LogP contribution in [0.1, 0.15) is 47.1 Å². The largest absolute Gasteiger partial charge is 0.488 e. The van der Waals surface area contributed by atoms with Gasteiger partial charge in [0.15, 0.2) is 0 Å². The molecule has 0 unspecified atom stereocenters. The van der Waals surface area contributed by atoms with Crippen molar-refractivity contribution < 1.29 is 16.8 Å². The van der Waals surface area contributed by atoms with Gasteiger partial charge in [0.2, 0.25) is 0 Å². The number of ether oxygens (including phenoxy) is 1. The average Bonchev–Trinajstić information content (AvgIpc) is 2.95. The fraction of sp³-hybridized carbons (Fsp3) is 0.333. The van der Waals surface area contributed by atoms with Gasteiger partial charge in [-0.15, -0.1) is 8.42 Å². The second kappa shape index (κ2) is 12.5. The van der Waals surface area contributed by atoms with Crippen LogP contribution in [-0.4, -0.2) is 45.8 Å². The van der Waals surface area contributed by atoms with Gasteiger partial charge in [-0.2, -0.15) is 0 Å². The van der Waals surface area contributed by atoms with Crippen LogP contribution in [-0.2, 0) is 15.5 Å². The van der Waals surface area contributed by atoms with Gasteiger partial charge in [0.05, 0.1) is 25.0 Å². The van der Waals surface area contributed by atoms with E-state index < -0.39 is 20.4 Å². The lowest BCUT2D eigenvalue weighted by Crippen LogP contribution is -2.23. The first-order chi connectivity index (χ1) is 20.4. The Labute approximate surface area is 266 Å². The molecule has 44 heavy (non-hydrogen) atoms. The van der Waals surface area contributed by atoms with E-state index in [0.717, 1.165) is 31.6 Å². The number of hydrogen-bond acceptors (Lipinski definition) is 5. The molecule has 0 fully saturated rings. The van der Waals surface area contributed by atoms with E-state index in [1.54, 1.807) is 12.1 Å². The first kappa shape index (κ1) is 33.4. The smallest absolute Gasteiger partial charge is 0.422 e. The van der Waals surface area contributed by atoms with E-state index in [1.807, 2.05) is 132 Å². The first-order valence-corrected chi connectivity index (χ1v) is 17.7. The summed E-state index contributed by atoms with van der Waals surface area (Å²) in [5.74, 6) is 0.708. The van der Waals surface area contributed by atoms with E-state index in [1.165, 1.54) is 0 Å². The van der Waals surface area contributed by atoms with E-state index >= 15 is 0 Å². The molecule has 0 bridgehead atoms. The molecule has 1 N–H and O–H groups in total. The fourth-order valence-corrected chi connectivity index (χ4v) is 10.3. The number of hydrogen-bond donors (Lipinski definition) is 0. The quantitative estimate of drug-likeness (QED) is 0.136. The molecule has 0 saturated carbocycles. The minimum Gasteiger partial charge on any atom is -0.488 e. The maximum Gasteiger partial charge on any atom is 0.422 e. The van der Waals surface area contributed by atoms with E-state index in [2.05, 4.69) is 32.9 Å². The number of nitrogens with zero attached hydrogens (tertiary/aromatic N) is 2. The highest BCUT2D eigenvalue weighted by atomic mass is 32.3. The SMILES string of the molecule is CN(C)c1cccc(S([OH+]S(=O)(=O)c2ccc(C(C)(C)C)cc2)(c2ccc(OC(C)(C)C)cc2)c2cccc(N(C)C)c2)c1. The maximum atomic E-state index is 14.4. The lowest BCUT2D eigenvalue weighted by atomic mass is 9.87. The molecular weight excluding hydrogens is 589 g/mol. The van der Waals surface area contributed by atoms with Crippen molar-refractivity contribution in [3.8, 4) is 5.75 Å². The average molecular weight is 636 g/mol. The van der Waals surface area contributed by atoms with Crippen LogP contribution in [0.3, 0.4) is 0 Å². The van der Waals surface area contributed by atoms with Gasteiger partial charge in [-0.1, -0.05) is 45.0 Å². The summed E-state index contributed by atoms with van der Waals surface area (Å²) in [6.45, 7) is 12.3. The van der Waals surface area contributed by atoms with Crippen LogP contribution in [0.2, 0.25) is 0 Å². The van der Waals surface area contributed by atoms with Crippen molar-refractivity contribution in [3.05, 3.63) is 103 Å². The molecule has 0 amide bonds. The van der Waals surface area contributed by atoms with E-state index in [-0.39, 0.29) is 15.9 Å².